The van der Waals surface area contributed by atoms with Crippen LogP contribution in [0.25, 0.3) is 0 Å². The molecule has 0 aliphatic heterocycles. The van der Waals surface area contributed by atoms with E-state index in [1.54, 1.807) is 13.0 Å². The van der Waals surface area contributed by atoms with Crippen molar-refractivity contribution in [3.63, 3.8) is 0 Å². The van der Waals surface area contributed by atoms with Crippen LogP contribution in [-0.4, -0.2) is 11.1 Å². The summed E-state index contributed by atoms with van der Waals surface area (Å²) in [6.45, 7) is 5.92. The highest BCUT2D eigenvalue weighted by molar-refractivity contribution is 5.92. The fourth-order valence-electron chi connectivity index (χ4n) is 1.98. The Labute approximate surface area is 112 Å². The molecule has 0 saturated carbocycles. The molecule has 0 aliphatic carbocycles. The van der Waals surface area contributed by atoms with Gasteiger partial charge in [0.2, 0.25) is 0 Å². The molecule has 0 spiro atoms. The number of rotatable bonds is 4. The number of hydrogen-bond acceptors (Lipinski definition) is 3. The van der Waals surface area contributed by atoms with E-state index in [9.17, 15) is 4.79 Å². The van der Waals surface area contributed by atoms with E-state index in [1.807, 2.05) is 30.3 Å². The second-order valence-corrected chi connectivity index (χ2v) is 4.93. The zero-order valence-electron chi connectivity index (χ0n) is 11.4. The van der Waals surface area contributed by atoms with Gasteiger partial charge in [0.15, 0.2) is 5.69 Å². The van der Waals surface area contributed by atoms with Crippen LogP contribution in [-0.2, 0) is 0 Å². The van der Waals surface area contributed by atoms with Crippen LogP contribution in [0.4, 0.5) is 0 Å². The van der Waals surface area contributed by atoms with Crippen LogP contribution in [0.1, 0.15) is 41.7 Å². The number of nitrogens with zero attached hydrogens (tertiary/aromatic N) is 1. The quantitative estimate of drug-likeness (QED) is 0.916. The van der Waals surface area contributed by atoms with Gasteiger partial charge in [-0.1, -0.05) is 49.3 Å². The minimum Gasteiger partial charge on any atom is -0.361 e. The van der Waals surface area contributed by atoms with E-state index in [0.29, 0.717) is 17.4 Å². The third-order valence-electron chi connectivity index (χ3n) is 2.97. The predicted molar refractivity (Wildman–Crippen MR) is 72.7 cm³/mol. The Bertz CT molecular complexity index is 546. The zero-order valence-corrected chi connectivity index (χ0v) is 11.4. The van der Waals surface area contributed by atoms with Crippen molar-refractivity contribution in [1.82, 2.24) is 10.5 Å². The lowest BCUT2D eigenvalue weighted by Crippen LogP contribution is -2.31. The van der Waals surface area contributed by atoms with Crippen LogP contribution < -0.4 is 5.32 Å². The molecule has 2 rings (SSSR count). The molecule has 1 aromatic heterocycles. The number of carbonyl (C=O) groups is 1. The third kappa shape index (κ3) is 3.22. The van der Waals surface area contributed by atoms with E-state index in [0.717, 1.165) is 5.56 Å². The van der Waals surface area contributed by atoms with Crippen molar-refractivity contribution in [2.75, 3.05) is 0 Å². The number of aryl methyl sites for hydroxylation is 1. The van der Waals surface area contributed by atoms with E-state index >= 15 is 0 Å². The topological polar surface area (TPSA) is 55.1 Å². The summed E-state index contributed by atoms with van der Waals surface area (Å²) in [4.78, 5) is 12.1. The number of aromatic nitrogens is 1. The number of amides is 1. The maximum atomic E-state index is 12.1. The third-order valence-corrected chi connectivity index (χ3v) is 2.97. The largest absolute Gasteiger partial charge is 0.361 e. The van der Waals surface area contributed by atoms with Crippen molar-refractivity contribution in [2.45, 2.75) is 26.8 Å². The summed E-state index contributed by atoms with van der Waals surface area (Å²) in [6, 6.07) is 11.5. The van der Waals surface area contributed by atoms with Crippen LogP contribution in [0.3, 0.4) is 0 Å². The predicted octanol–water partition coefficient (Wildman–Crippen LogP) is 3.11. The van der Waals surface area contributed by atoms with Crippen LogP contribution >= 0.6 is 0 Å². The Morgan fingerprint density at radius 1 is 1.26 bits per heavy atom. The van der Waals surface area contributed by atoms with Gasteiger partial charge in [-0.15, -0.1) is 0 Å². The Kier molecular flexibility index (Phi) is 4.00. The Morgan fingerprint density at radius 3 is 2.47 bits per heavy atom. The summed E-state index contributed by atoms with van der Waals surface area (Å²) in [5, 5.41) is 6.74. The molecule has 100 valence electrons. The summed E-state index contributed by atoms with van der Waals surface area (Å²) in [7, 11) is 0. The van der Waals surface area contributed by atoms with Gasteiger partial charge in [0, 0.05) is 6.07 Å². The SMILES string of the molecule is Cc1cc(C(=O)NC(c2ccccc2)C(C)C)no1. The van der Waals surface area contributed by atoms with Crippen molar-refractivity contribution in [1.29, 1.82) is 0 Å². The Morgan fingerprint density at radius 2 is 1.95 bits per heavy atom. The van der Waals surface area contributed by atoms with Gasteiger partial charge in [-0.25, -0.2) is 0 Å². The molecule has 0 saturated heterocycles. The maximum absolute atomic E-state index is 12.1. The van der Waals surface area contributed by atoms with Crippen LogP contribution in [0.5, 0.6) is 0 Å². The standard InChI is InChI=1S/C15H18N2O2/c1-10(2)14(12-7-5-4-6-8-12)16-15(18)13-9-11(3)19-17-13/h4-10,14H,1-3H3,(H,16,18). The molecular formula is C15H18N2O2. The molecule has 0 bridgehead atoms. The molecule has 1 amide bonds. The molecule has 4 heteroatoms. The molecule has 1 aromatic carbocycles. The minimum absolute atomic E-state index is 0.0364. The van der Waals surface area contributed by atoms with E-state index < -0.39 is 0 Å². The lowest BCUT2D eigenvalue weighted by molar-refractivity contribution is 0.0916. The Hall–Kier alpha value is -2.10. The Balaban J connectivity index is 2.16. The first-order valence-electron chi connectivity index (χ1n) is 6.37. The number of nitrogens with one attached hydrogen (secondary N) is 1. The molecule has 0 fully saturated rings. The van der Waals surface area contributed by atoms with Gasteiger partial charge in [0.25, 0.3) is 5.91 Å². The van der Waals surface area contributed by atoms with Gasteiger partial charge in [0.05, 0.1) is 6.04 Å². The normalized spacial score (nSPS) is 12.4. The van der Waals surface area contributed by atoms with Crippen molar-refractivity contribution in [3.8, 4) is 0 Å². The summed E-state index contributed by atoms with van der Waals surface area (Å²) in [5.74, 6) is 0.713. The number of benzene rings is 1. The fraction of sp³-hybridized carbons (Fsp3) is 0.333. The number of hydrogen-bond donors (Lipinski definition) is 1. The highest BCUT2D eigenvalue weighted by atomic mass is 16.5. The molecule has 0 radical (unpaired) electrons. The van der Waals surface area contributed by atoms with Gasteiger partial charge >= 0.3 is 0 Å². The summed E-state index contributed by atoms with van der Waals surface area (Å²) in [5.41, 5.74) is 1.41. The van der Waals surface area contributed by atoms with Crippen molar-refractivity contribution < 1.29 is 9.32 Å². The van der Waals surface area contributed by atoms with Gasteiger partial charge < -0.3 is 9.84 Å². The van der Waals surface area contributed by atoms with Gasteiger partial charge in [-0.2, -0.15) is 0 Å². The highest BCUT2D eigenvalue weighted by Crippen LogP contribution is 2.21. The van der Waals surface area contributed by atoms with Gasteiger partial charge in [-0.3, -0.25) is 4.79 Å². The van der Waals surface area contributed by atoms with Gasteiger partial charge in [0.1, 0.15) is 5.76 Å². The molecule has 1 unspecified atom stereocenters. The molecule has 0 aliphatic rings. The van der Waals surface area contributed by atoms with Crippen LogP contribution in [0.15, 0.2) is 40.9 Å². The van der Waals surface area contributed by atoms with Crippen molar-refractivity contribution >= 4 is 5.91 Å². The van der Waals surface area contributed by atoms with E-state index in [1.165, 1.54) is 0 Å². The van der Waals surface area contributed by atoms with Crippen LogP contribution in [0, 0.1) is 12.8 Å². The lowest BCUT2D eigenvalue weighted by atomic mass is 9.96. The molecule has 1 atom stereocenters. The molecule has 1 heterocycles. The highest BCUT2D eigenvalue weighted by Gasteiger charge is 2.20. The average molecular weight is 258 g/mol. The molecule has 19 heavy (non-hydrogen) atoms. The smallest absolute Gasteiger partial charge is 0.273 e. The first-order chi connectivity index (χ1) is 9.08. The summed E-state index contributed by atoms with van der Waals surface area (Å²) < 4.78 is 4.92. The van der Waals surface area contributed by atoms with Crippen molar-refractivity contribution in [2.24, 2.45) is 5.92 Å². The molecular weight excluding hydrogens is 240 g/mol. The lowest BCUT2D eigenvalue weighted by Gasteiger charge is -2.22. The zero-order chi connectivity index (χ0) is 13.8. The van der Waals surface area contributed by atoms with E-state index in [2.05, 4.69) is 24.3 Å². The molecule has 2 aromatic rings. The van der Waals surface area contributed by atoms with E-state index in [-0.39, 0.29) is 11.9 Å². The first-order valence-corrected chi connectivity index (χ1v) is 6.37. The molecule has 1 N–H and O–H groups in total. The fourth-order valence-corrected chi connectivity index (χ4v) is 1.98. The second kappa shape index (κ2) is 5.69. The molecule has 4 nitrogen and oxygen atoms in total. The average Bonchev–Trinajstić information content (AvgIpc) is 2.83. The maximum Gasteiger partial charge on any atom is 0.273 e. The minimum atomic E-state index is -0.209. The first kappa shape index (κ1) is 13.3. The number of carbonyl (C=O) groups excluding carboxylic acids is 1. The summed E-state index contributed by atoms with van der Waals surface area (Å²) >= 11 is 0. The summed E-state index contributed by atoms with van der Waals surface area (Å²) in [6.07, 6.45) is 0. The monoisotopic (exact) mass is 258 g/mol. The van der Waals surface area contributed by atoms with Crippen LogP contribution in [0.2, 0.25) is 0 Å². The van der Waals surface area contributed by atoms with Crippen molar-refractivity contribution in [3.05, 3.63) is 53.4 Å². The van der Waals surface area contributed by atoms with E-state index in [4.69, 9.17) is 4.52 Å². The second-order valence-electron chi connectivity index (χ2n) is 4.93. The van der Waals surface area contributed by atoms with Gasteiger partial charge in [-0.05, 0) is 18.4 Å².